The standard InChI is InChI=1S/C9H10O5/c1-9(8(13)14)3-2-6(10)5(4-9)7(11)12/h2-3,10H,4H2,1H3,(H,11,12)(H,13,14). The van der Waals surface area contributed by atoms with Gasteiger partial charge in [-0.1, -0.05) is 6.08 Å². The summed E-state index contributed by atoms with van der Waals surface area (Å²) in [5, 5.41) is 26.7. The molecule has 0 aromatic carbocycles. The van der Waals surface area contributed by atoms with Crippen molar-refractivity contribution in [3.05, 3.63) is 23.5 Å². The Hall–Kier alpha value is -1.78. The molecule has 14 heavy (non-hydrogen) atoms. The molecule has 1 aliphatic rings. The van der Waals surface area contributed by atoms with Crippen LogP contribution < -0.4 is 0 Å². The average Bonchev–Trinajstić information content (AvgIpc) is 2.09. The van der Waals surface area contributed by atoms with Gasteiger partial charge >= 0.3 is 11.9 Å². The molecule has 0 fully saturated rings. The van der Waals surface area contributed by atoms with E-state index in [0.717, 1.165) is 6.08 Å². The molecule has 0 saturated carbocycles. The van der Waals surface area contributed by atoms with Gasteiger partial charge in [-0.15, -0.1) is 0 Å². The zero-order valence-electron chi connectivity index (χ0n) is 7.52. The highest BCUT2D eigenvalue weighted by molar-refractivity contribution is 5.90. The Bertz CT molecular complexity index is 352. The summed E-state index contributed by atoms with van der Waals surface area (Å²) in [6.07, 6.45) is 2.19. The fraction of sp³-hybridized carbons (Fsp3) is 0.333. The molecule has 5 nitrogen and oxygen atoms in total. The quantitative estimate of drug-likeness (QED) is 0.613. The summed E-state index contributed by atoms with van der Waals surface area (Å²) in [5.41, 5.74) is -1.52. The van der Waals surface area contributed by atoms with E-state index in [9.17, 15) is 14.7 Å². The highest BCUT2D eigenvalue weighted by atomic mass is 16.4. The zero-order chi connectivity index (χ0) is 10.9. The fourth-order valence-electron chi connectivity index (χ4n) is 1.21. The van der Waals surface area contributed by atoms with E-state index in [1.807, 2.05) is 0 Å². The SMILES string of the molecule is CC1(C(=O)O)C=CC(O)=C(C(=O)O)C1. The van der Waals surface area contributed by atoms with Crippen LogP contribution in [-0.2, 0) is 9.59 Å². The Morgan fingerprint density at radius 3 is 2.43 bits per heavy atom. The number of carbonyl (C=O) groups is 2. The lowest BCUT2D eigenvalue weighted by molar-refractivity contribution is -0.145. The summed E-state index contributed by atoms with van der Waals surface area (Å²) in [6, 6.07) is 0. The first-order chi connectivity index (χ1) is 6.37. The van der Waals surface area contributed by atoms with Crippen LogP contribution in [0.3, 0.4) is 0 Å². The maximum Gasteiger partial charge on any atom is 0.335 e. The molecule has 0 amide bonds. The first-order valence-electron chi connectivity index (χ1n) is 3.95. The van der Waals surface area contributed by atoms with Crippen LogP contribution in [0.25, 0.3) is 0 Å². The largest absolute Gasteiger partial charge is 0.507 e. The molecule has 1 unspecified atom stereocenters. The number of carboxylic acids is 2. The third-order valence-electron chi connectivity index (χ3n) is 2.21. The van der Waals surface area contributed by atoms with Gasteiger partial charge in [0.05, 0.1) is 11.0 Å². The maximum atomic E-state index is 10.8. The fourth-order valence-corrected chi connectivity index (χ4v) is 1.21. The molecule has 0 aromatic rings. The van der Waals surface area contributed by atoms with Crippen molar-refractivity contribution < 1.29 is 24.9 Å². The lowest BCUT2D eigenvalue weighted by Crippen LogP contribution is -2.29. The van der Waals surface area contributed by atoms with Gasteiger partial charge in [0.25, 0.3) is 0 Å². The number of aliphatic hydroxyl groups excluding tert-OH is 1. The molecule has 0 aromatic heterocycles. The van der Waals surface area contributed by atoms with Crippen molar-refractivity contribution in [2.75, 3.05) is 0 Å². The lowest BCUT2D eigenvalue weighted by Gasteiger charge is -2.24. The number of allylic oxidation sites excluding steroid dienone is 1. The number of hydrogen-bond acceptors (Lipinski definition) is 3. The predicted molar refractivity (Wildman–Crippen MR) is 46.8 cm³/mol. The summed E-state index contributed by atoms with van der Waals surface area (Å²) in [4.78, 5) is 21.4. The van der Waals surface area contributed by atoms with E-state index >= 15 is 0 Å². The topological polar surface area (TPSA) is 94.8 Å². The molecule has 0 bridgehead atoms. The maximum absolute atomic E-state index is 10.8. The second-order valence-corrected chi connectivity index (χ2v) is 3.40. The van der Waals surface area contributed by atoms with E-state index < -0.39 is 17.4 Å². The molecule has 0 spiro atoms. The van der Waals surface area contributed by atoms with Crippen LogP contribution in [0, 0.1) is 5.41 Å². The Morgan fingerprint density at radius 1 is 1.43 bits per heavy atom. The molecule has 0 saturated heterocycles. The van der Waals surface area contributed by atoms with Crippen LogP contribution in [0.1, 0.15) is 13.3 Å². The van der Waals surface area contributed by atoms with Crippen LogP contribution >= 0.6 is 0 Å². The third kappa shape index (κ3) is 1.61. The molecule has 3 N–H and O–H groups in total. The molecule has 76 valence electrons. The highest BCUT2D eigenvalue weighted by Gasteiger charge is 2.36. The normalized spacial score (nSPS) is 26.4. The number of hydrogen-bond donors (Lipinski definition) is 3. The molecule has 1 atom stereocenters. The van der Waals surface area contributed by atoms with Crippen molar-refractivity contribution in [3.8, 4) is 0 Å². The van der Waals surface area contributed by atoms with Gasteiger partial charge in [-0.25, -0.2) is 4.79 Å². The van der Waals surface area contributed by atoms with Crippen molar-refractivity contribution >= 4 is 11.9 Å². The monoisotopic (exact) mass is 198 g/mol. The molecule has 5 heteroatoms. The minimum Gasteiger partial charge on any atom is -0.507 e. The van der Waals surface area contributed by atoms with Crippen LogP contribution in [0.2, 0.25) is 0 Å². The Morgan fingerprint density at radius 2 is 2.00 bits per heavy atom. The van der Waals surface area contributed by atoms with Gasteiger partial charge in [0, 0.05) is 6.42 Å². The molecule has 0 heterocycles. The van der Waals surface area contributed by atoms with Gasteiger partial charge in [-0.3, -0.25) is 4.79 Å². The second-order valence-electron chi connectivity index (χ2n) is 3.40. The number of aliphatic carboxylic acids is 2. The predicted octanol–water partition coefficient (Wildman–Crippen LogP) is 0.934. The van der Waals surface area contributed by atoms with E-state index in [2.05, 4.69) is 0 Å². The third-order valence-corrected chi connectivity index (χ3v) is 2.21. The molecule has 1 rings (SSSR count). The molecular weight excluding hydrogens is 188 g/mol. The van der Waals surface area contributed by atoms with Crippen LogP contribution in [0.5, 0.6) is 0 Å². The van der Waals surface area contributed by atoms with Crippen LogP contribution in [0.15, 0.2) is 23.5 Å². The van der Waals surface area contributed by atoms with Gasteiger partial charge in [0.15, 0.2) is 0 Å². The lowest BCUT2D eigenvalue weighted by atomic mass is 9.79. The Kier molecular flexibility index (Phi) is 2.33. The summed E-state index contributed by atoms with van der Waals surface area (Å²) >= 11 is 0. The second kappa shape index (κ2) is 3.17. The van der Waals surface area contributed by atoms with Crippen molar-refractivity contribution in [3.63, 3.8) is 0 Å². The van der Waals surface area contributed by atoms with E-state index in [1.165, 1.54) is 13.0 Å². The number of rotatable bonds is 2. The summed E-state index contributed by atoms with van der Waals surface area (Å²) in [7, 11) is 0. The molecular formula is C9H10O5. The van der Waals surface area contributed by atoms with Gasteiger partial charge in [0.1, 0.15) is 5.76 Å². The smallest absolute Gasteiger partial charge is 0.335 e. The Balaban J connectivity index is 3.07. The molecule has 0 radical (unpaired) electrons. The van der Waals surface area contributed by atoms with Gasteiger partial charge in [0.2, 0.25) is 0 Å². The zero-order valence-corrected chi connectivity index (χ0v) is 7.52. The summed E-state index contributed by atoms with van der Waals surface area (Å²) in [5.74, 6) is -2.78. The van der Waals surface area contributed by atoms with Crippen LogP contribution in [0.4, 0.5) is 0 Å². The first-order valence-corrected chi connectivity index (χ1v) is 3.95. The van der Waals surface area contributed by atoms with E-state index in [-0.39, 0.29) is 17.8 Å². The van der Waals surface area contributed by atoms with E-state index in [1.54, 1.807) is 0 Å². The minimum absolute atomic E-state index is 0.208. The van der Waals surface area contributed by atoms with Gasteiger partial charge < -0.3 is 15.3 Å². The highest BCUT2D eigenvalue weighted by Crippen LogP contribution is 2.33. The van der Waals surface area contributed by atoms with Crippen molar-refractivity contribution in [2.45, 2.75) is 13.3 Å². The average molecular weight is 198 g/mol. The summed E-state index contributed by atoms with van der Waals surface area (Å²) in [6.45, 7) is 1.40. The van der Waals surface area contributed by atoms with Crippen molar-refractivity contribution in [1.29, 1.82) is 0 Å². The van der Waals surface area contributed by atoms with Crippen LogP contribution in [-0.4, -0.2) is 27.3 Å². The minimum atomic E-state index is -1.29. The van der Waals surface area contributed by atoms with Crippen molar-refractivity contribution in [2.24, 2.45) is 5.41 Å². The van der Waals surface area contributed by atoms with E-state index in [0.29, 0.717) is 0 Å². The van der Waals surface area contributed by atoms with Gasteiger partial charge in [-0.2, -0.15) is 0 Å². The van der Waals surface area contributed by atoms with E-state index in [4.69, 9.17) is 10.2 Å². The molecule has 0 aliphatic heterocycles. The Labute approximate surface area is 80.0 Å². The van der Waals surface area contributed by atoms with Crippen molar-refractivity contribution in [1.82, 2.24) is 0 Å². The summed E-state index contributed by atoms with van der Waals surface area (Å²) < 4.78 is 0. The first kappa shape index (κ1) is 10.3. The molecule has 1 aliphatic carbocycles. The van der Waals surface area contributed by atoms with Gasteiger partial charge in [-0.05, 0) is 13.0 Å². The number of aliphatic hydroxyl groups is 1. The number of carboxylic acid groups (broad SMARTS) is 2.